The minimum absolute atomic E-state index is 0.0541. The molecule has 2 heterocycles. The highest BCUT2D eigenvalue weighted by atomic mass is 16.7. The third kappa shape index (κ3) is 4.46. The number of carbonyl (C=O) groups excluding carboxylic acids is 1. The lowest BCUT2D eigenvalue weighted by molar-refractivity contribution is -0.118. The van der Waals surface area contributed by atoms with E-state index >= 15 is 0 Å². The van der Waals surface area contributed by atoms with Crippen molar-refractivity contribution < 1.29 is 24.0 Å². The van der Waals surface area contributed by atoms with Crippen molar-refractivity contribution >= 4 is 25.1 Å². The molecule has 2 rings (SSSR count). The Morgan fingerprint density at radius 2 is 1.88 bits per heavy atom. The number of amides is 1. The van der Waals surface area contributed by atoms with Gasteiger partial charge in [0.15, 0.2) is 0 Å². The highest BCUT2D eigenvalue weighted by molar-refractivity contribution is 6.56. The van der Waals surface area contributed by atoms with Crippen molar-refractivity contribution in [1.29, 1.82) is 0 Å². The fourth-order valence-electron chi connectivity index (χ4n) is 2.29. The standard InChI is InChI=1S/C17H23BN2O5/c1-11(21)20-10-13(18-24-16(2,3)17(4,5)25-18)8-12-6-7-19-14(9-12)15(22)23/h6-9H,10H2,1-5H3,(H,20,21)(H,22,23). The summed E-state index contributed by atoms with van der Waals surface area (Å²) in [6.45, 7) is 9.43. The molecule has 0 bridgehead atoms. The SMILES string of the molecule is CC(=O)NCC(=Cc1ccnc(C(=O)O)c1)B1OC(C)(C)C(C)(C)O1. The second-order valence-electron chi connectivity index (χ2n) is 7.00. The van der Waals surface area contributed by atoms with E-state index < -0.39 is 24.3 Å². The van der Waals surface area contributed by atoms with Crippen LogP contribution in [-0.2, 0) is 14.1 Å². The average Bonchev–Trinajstić information content (AvgIpc) is 2.71. The quantitative estimate of drug-likeness (QED) is 0.791. The van der Waals surface area contributed by atoms with Gasteiger partial charge < -0.3 is 19.7 Å². The van der Waals surface area contributed by atoms with Gasteiger partial charge in [0.25, 0.3) is 0 Å². The van der Waals surface area contributed by atoms with E-state index in [1.807, 2.05) is 27.7 Å². The van der Waals surface area contributed by atoms with E-state index in [4.69, 9.17) is 14.4 Å². The first kappa shape index (κ1) is 19.1. The van der Waals surface area contributed by atoms with E-state index in [0.29, 0.717) is 11.0 Å². The highest BCUT2D eigenvalue weighted by Crippen LogP contribution is 2.38. The molecule has 1 aliphatic heterocycles. The largest absolute Gasteiger partial charge is 0.492 e. The first-order valence-electron chi connectivity index (χ1n) is 8.02. The molecule has 25 heavy (non-hydrogen) atoms. The molecular formula is C17H23BN2O5. The second-order valence-corrected chi connectivity index (χ2v) is 7.00. The molecule has 2 N–H and O–H groups in total. The van der Waals surface area contributed by atoms with E-state index in [0.717, 1.165) is 0 Å². The molecule has 0 aliphatic carbocycles. The first-order chi connectivity index (χ1) is 11.5. The van der Waals surface area contributed by atoms with Gasteiger partial charge in [-0.05, 0) is 50.9 Å². The van der Waals surface area contributed by atoms with E-state index in [-0.39, 0.29) is 18.1 Å². The summed E-state index contributed by atoms with van der Waals surface area (Å²) >= 11 is 0. The fourth-order valence-corrected chi connectivity index (χ4v) is 2.29. The molecule has 1 saturated heterocycles. The molecule has 134 valence electrons. The van der Waals surface area contributed by atoms with Gasteiger partial charge in [0, 0.05) is 19.7 Å². The zero-order chi connectivity index (χ0) is 18.8. The molecule has 1 aromatic rings. The molecule has 7 nitrogen and oxygen atoms in total. The molecule has 1 aromatic heterocycles. The molecule has 8 heteroatoms. The zero-order valence-electron chi connectivity index (χ0n) is 15.1. The van der Waals surface area contributed by atoms with E-state index in [2.05, 4.69) is 10.3 Å². The lowest BCUT2D eigenvalue weighted by Crippen LogP contribution is -2.41. The maximum absolute atomic E-state index is 11.3. The van der Waals surface area contributed by atoms with Crippen LogP contribution >= 0.6 is 0 Å². The van der Waals surface area contributed by atoms with Crippen LogP contribution in [0.1, 0.15) is 50.7 Å². The number of aromatic carboxylic acids is 1. The number of nitrogens with zero attached hydrogens (tertiary/aromatic N) is 1. The first-order valence-corrected chi connectivity index (χ1v) is 8.02. The molecule has 0 aromatic carbocycles. The minimum atomic E-state index is -1.10. The second kappa shape index (κ2) is 6.97. The van der Waals surface area contributed by atoms with Gasteiger partial charge in [-0.15, -0.1) is 0 Å². The molecule has 0 spiro atoms. The Kier molecular flexibility index (Phi) is 5.34. The smallest absolute Gasteiger partial charge is 0.477 e. The summed E-state index contributed by atoms with van der Waals surface area (Å²) in [4.78, 5) is 26.2. The number of carboxylic acids is 1. The van der Waals surface area contributed by atoms with Crippen LogP contribution in [0.3, 0.4) is 0 Å². The van der Waals surface area contributed by atoms with Crippen LogP contribution < -0.4 is 5.32 Å². The van der Waals surface area contributed by atoms with Crippen molar-refractivity contribution in [3.05, 3.63) is 35.1 Å². The topological polar surface area (TPSA) is 97.8 Å². The van der Waals surface area contributed by atoms with Gasteiger partial charge in [0.1, 0.15) is 5.69 Å². The summed E-state index contributed by atoms with van der Waals surface area (Å²) in [5.41, 5.74) is 0.245. The lowest BCUT2D eigenvalue weighted by atomic mass is 9.77. The van der Waals surface area contributed by atoms with Gasteiger partial charge in [-0.3, -0.25) is 4.79 Å². The van der Waals surface area contributed by atoms with Crippen LogP contribution in [0.15, 0.2) is 23.8 Å². The molecule has 1 aliphatic rings. The predicted octanol–water partition coefficient (Wildman–Crippen LogP) is 1.93. The molecular weight excluding hydrogens is 323 g/mol. The van der Waals surface area contributed by atoms with Crippen molar-refractivity contribution in [3.63, 3.8) is 0 Å². The van der Waals surface area contributed by atoms with Crippen LogP contribution in [0.2, 0.25) is 0 Å². The Bertz CT molecular complexity index is 699. The van der Waals surface area contributed by atoms with Gasteiger partial charge in [0.05, 0.1) is 11.2 Å². The lowest BCUT2D eigenvalue weighted by Gasteiger charge is -2.32. The number of carbonyl (C=O) groups is 2. The Balaban J connectivity index is 2.35. The number of carboxylic acid groups (broad SMARTS) is 1. The highest BCUT2D eigenvalue weighted by Gasteiger charge is 2.52. The maximum Gasteiger partial charge on any atom is 0.492 e. The molecule has 1 fully saturated rings. The zero-order valence-corrected chi connectivity index (χ0v) is 15.1. The van der Waals surface area contributed by atoms with Crippen LogP contribution in [0, 0.1) is 0 Å². The molecule has 0 saturated carbocycles. The van der Waals surface area contributed by atoms with Crippen LogP contribution in [0.4, 0.5) is 0 Å². The third-order valence-electron chi connectivity index (χ3n) is 4.45. The summed E-state index contributed by atoms with van der Waals surface area (Å²) in [6.07, 6.45) is 3.18. The number of aromatic nitrogens is 1. The van der Waals surface area contributed by atoms with Crippen molar-refractivity contribution in [2.45, 2.75) is 45.8 Å². The molecule has 0 unspecified atom stereocenters. The van der Waals surface area contributed by atoms with E-state index in [1.165, 1.54) is 19.2 Å². The minimum Gasteiger partial charge on any atom is -0.477 e. The Morgan fingerprint density at radius 3 is 2.40 bits per heavy atom. The Labute approximate surface area is 147 Å². The Morgan fingerprint density at radius 1 is 1.28 bits per heavy atom. The number of rotatable bonds is 5. The summed E-state index contributed by atoms with van der Waals surface area (Å²) in [7, 11) is -0.640. The van der Waals surface area contributed by atoms with Gasteiger partial charge in [-0.2, -0.15) is 0 Å². The van der Waals surface area contributed by atoms with Crippen molar-refractivity contribution in [2.24, 2.45) is 0 Å². The van der Waals surface area contributed by atoms with Crippen LogP contribution in [0.5, 0.6) is 0 Å². The average molecular weight is 346 g/mol. The van der Waals surface area contributed by atoms with Crippen molar-refractivity contribution in [2.75, 3.05) is 6.54 Å². The third-order valence-corrected chi connectivity index (χ3v) is 4.45. The summed E-state index contributed by atoms with van der Waals surface area (Å²) in [5.74, 6) is -1.28. The predicted molar refractivity (Wildman–Crippen MR) is 93.9 cm³/mol. The number of pyridine rings is 1. The fraction of sp³-hybridized carbons (Fsp3) is 0.471. The van der Waals surface area contributed by atoms with Gasteiger partial charge in [-0.25, -0.2) is 9.78 Å². The number of nitrogens with one attached hydrogen (secondary N) is 1. The Hall–Kier alpha value is -2.19. The summed E-state index contributed by atoms with van der Waals surface area (Å²) in [6, 6.07) is 3.15. The van der Waals surface area contributed by atoms with Gasteiger partial charge in [-0.1, -0.05) is 6.08 Å². The maximum atomic E-state index is 11.3. The number of hydrogen-bond donors (Lipinski definition) is 2. The van der Waals surface area contributed by atoms with Gasteiger partial charge in [0.2, 0.25) is 5.91 Å². The normalized spacial score (nSPS) is 18.9. The van der Waals surface area contributed by atoms with Gasteiger partial charge >= 0.3 is 13.1 Å². The van der Waals surface area contributed by atoms with Crippen LogP contribution in [0.25, 0.3) is 6.08 Å². The number of hydrogen-bond acceptors (Lipinski definition) is 5. The van der Waals surface area contributed by atoms with Crippen LogP contribution in [-0.4, -0.2) is 46.8 Å². The molecule has 1 amide bonds. The summed E-state index contributed by atoms with van der Waals surface area (Å²) < 4.78 is 12.1. The molecule has 0 radical (unpaired) electrons. The monoisotopic (exact) mass is 346 g/mol. The van der Waals surface area contributed by atoms with Crippen molar-refractivity contribution in [3.8, 4) is 0 Å². The van der Waals surface area contributed by atoms with E-state index in [1.54, 1.807) is 12.1 Å². The summed E-state index contributed by atoms with van der Waals surface area (Å²) in [5, 5.41) is 11.8. The van der Waals surface area contributed by atoms with Crippen molar-refractivity contribution in [1.82, 2.24) is 10.3 Å². The van der Waals surface area contributed by atoms with E-state index in [9.17, 15) is 9.59 Å². The molecule has 0 atom stereocenters.